The summed E-state index contributed by atoms with van der Waals surface area (Å²) >= 11 is 1.40. The average Bonchev–Trinajstić information content (AvgIpc) is 3.11. The molecule has 0 aliphatic carbocycles. The van der Waals surface area contributed by atoms with Gasteiger partial charge in [-0.25, -0.2) is 4.98 Å². The molecule has 0 aliphatic heterocycles. The second-order valence-electron chi connectivity index (χ2n) is 7.58. The van der Waals surface area contributed by atoms with Crippen LogP contribution in [0.1, 0.15) is 37.5 Å². The van der Waals surface area contributed by atoms with Crippen molar-refractivity contribution < 1.29 is 9.47 Å². The average molecular weight is 411 g/mol. The van der Waals surface area contributed by atoms with Gasteiger partial charge >= 0.3 is 0 Å². The van der Waals surface area contributed by atoms with Crippen LogP contribution in [0, 0.1) is 0 Å². The van der Waals surface area contributed by atoms with Gasteiger partial charge in [0.25, 0.3) is 0 Å². The van der Waals surface area contributed by atoms with Crippen molar-refractivity contribution in [2.75, 3.05) is 18.3 Å². The van der Waals surface area contributed by atoms with Gasteiger partial charge in [0.2, 0.25) is 5.13 Å². The van der Waals surface area contributed by atoms with E-state index in [9.17, 15) is 0 Å². The smallest absolute Gasteiger partial charge is 0.205 e. The van der Waals surface area contributed by atoms with Crippen LogP contribution in [0.25, 0.3) is 0 Å². The largest absolute Gasteiger partial charge is 0.496 e. The Bertz CT molecular complexity index is 975. The lowest BCUT2D eigenvalue weighted by Gasteiger charge is -2.19. The zero-order chi connectivity index (χ0) is 20.9. The van der Waals surface area contributed by atoms with Crippen LogP contribution in [0.4, 0.5) is 10.9 Å². The van der Waals surface area contributed by atoms with Crippen LogP contribution in [0.5, 0.6) is 11.5 Å². The lowest BCUT2D eigenvalue weighted by atomic mass is 9.87. The lowest BCUT2D eigenvalue weighted by molar-refractivity contribution is 0.296. The summed E-state index contributed by atoms with van der Waals surface area (Å²) in [6.07, 6.45) is 1.72. The molecule has 1 heterocycles. The molecule has 3 N–H and O–H groups in total. The van der Waals surface area contributed by atoms with Gasteiger partial charge in [-0.15, -0.1) is 11.3 Å². The van der Waals surface area contributed by atoms with E-state index in [4.69, 9.17) is 15.2 Å². The fourth-order valence-corrected chi connectivity index (χ4v) is 3.25. The molecule has 0 atom stereocenters. The summed E-state index contributed by atoms with van der Waals surface area (Å²) in [7, 11) is 1.65. The van der Waals surface area contributed by atoms with Gasteiger partial charge < -0.3 is 15.2 Å². The molecule has 0 saturated carbocycles. The molecule has 0 aliphatic rings. The molecule has 6 nitrogen and oxygen atoms in total. The molecule has 2 aromatic carbocycles. The summed E-state index contributed by atoms with van der Waals surface area (Å²) in [5.41, 5.74) is 11.7. The van der Waals surface area contributed by atoms with Crippen LogP contribution in [0.2, 0.25) is 0 Å². The number of ether oxygens (including phenoxy) is 2. The molecule has 29 heavy (non-hydrogen) atoms. The fourth-order valence-electron chi connectivity index (χ4n) is 2.70. The molecular formula is C22H26N4O2S. The summed E-state index contributed by atoms with van der Waals surface area (Å²) in [4.78, 5) is 4.10. The summed E-state index contributed by atoms with van der Waals surface area (Å²) in [6.45, 7) is 6.98. The first-order valence-electron chi connectivity index (χ1n) is 9.25. The van der Waals surface area contributed by atoms with Gasteiger partial charge in [0, 0.05) is 10.9 Å². The highest BCUT2D eigenvalue weighted by Gasteiger charge is 2.13. The third-order valence-corrected chi connectivity index (χ3v) is 5.08. The van der Waals surface area contributed by atoms with E-state index in [2.05, 4.69) is 48.4 Å². The van der Waals surface area contributed by atoms with Crippen LogP contribution in [0.3, 0.4) is 0 Å². The van der Waals surface area contributed by atoms with E-state index < -0.39 is 0 Å². The molecule has 7 heteroatoms. The highest BCUT2D eigenvalue weighted by molar-refractivity contribution is 7.14. The molecule has 0 bridgehead atoms. The van der Waals surface area contributed by atoms with E-state index in [1.165, 1.54) is 16.9 Å². The Hall–Kier alpha value is -3.06. The minimum Gasteiger partial charge on any atom is -0.496 e. The number of anilines is 2. The Kier molecular flexibility index (Phi) is 6.39. The Morgan fingerprint density at radius 2 is 1.93 bits per heavy atom. The maximum atomic E-state index is 5.97. The number of aromatic nitrogens is 1. The number of hydrogen-bond acceptors (Lipinski definition) is 7. The highest BCUT2D eigenvalue weighted by Crippen LogP contribution is 2.26. The predicted molar refractivity (Wildman–Crippen MR) is 120 cm³/mol. The summed E-state index contributed by atoms with van der Waals surface area (Å²) < 4.78 is 11.4. The SMILES string of the molecule is COc1ccc(C=NNc2nc(N)cs2)cc1COc1ccc(C(C)(C)C)cc1. The van der Waals surface area contributed by atoms with Crippen LogP contribution in [0.15, 0.2) is 52.9 Å². The number of nitrogen functional groups attached to an aromatic ring is 1. The topological polar surface area (TPSA) is 81.8 Å². The number of rotatable bonds is 7. The van der Waals surface area contributed by atoms with E-state index in [0.717, 1.165) is 22.6 Å². The predicted octanol–water partition coefficient (Wildman–Crippen LogP) is 5.06. The molecule has 0 saturated heterocycles. The third kappa shape index (κ3) is 5.71. The maximum absolute atomic E-state index is 5.97. The Morgan fingerprint density at radius 1 is 1.17 bits per heavy atom. The van der Waals surface area contributed by atoms with Crippen molar-refractivity contribution in [2.24, 2.45) is 5.10 Å². The minimum absolute atomic E-state index is 0.119. The zero-order valence-corrected chi connectivity index (χ0v) is 17.9. The van der Waals surface area contributed by atoms with Crippen molar-refractivity contribution in [1.29, 1.82) is 0 Å². The van der Waals surface area contributed by atoms with E-state index in [1.807, 2.05) is 30.3 Å². The van der Waals surface area contributed by atoms with Gasteiger partial charge in [-0.05, 0) is 46.9 Å². The Labute approximate surface area is 175 Å². The van der Waals surface area contributed by atoms with E-state index in [0.29, 0.717) is 17.6 Å². The second kappa shape index (κ2) is 8.96. The van der Waals surface area contributed by atoms with Crippen molar-refractivity contribution in [3.05, 3.63) is 64.5 Å². The molecule has 152 valence electrons. The lowest BCUT2D eigenvalue weighted by Crippen LogP contribution is -2.10. The van der Waals surface area contributed by atoms with Gasteiger partial charge in [0.15, 0.2) is 0 Å². The van der Waals surface area contributed by atoms with Gasteiger partial charge in [0.1, 0.15) is 23.9 Å². The Balaban J connectivity index is 1.67. The summed E-state index contributed by atoms with van der Waals surface area (Å²) in [5, 5.41) is 6.61. The second-order valence-corrected chi connectivity index (χ2v) is 8.44. The van der Waals surface area contributed by atoms with Crippen LogP contribution in [-0.2, 0) is 12.0 Å². The van der Waals surface area contributed by atoms with Crippen molar-refractivity contribution in [3.8, 4) is 11.5 Å². The van der Waals surface area contributed by atoms with Gasteiger partial charge in [-0.2, -0.15) is 5.10 Å². The first kappa shape index (κ1) is 20.7. The monoisotopic (exact) mass is 410 g/mol. The number of hydrogen-bond donors (Lipinski definition) is 2. The molecule has 0 spiro atoms. The van der Waals surface area contributed by atoms with E-state index in [1.54, 1.807) is 18.7 Å². The molecule has 0 amide bonds. The van der Waals surface area contributed by atoms with E-state index in [-0.39, 0.29) is 5.41 Å². The Morgan fingerprint density at radius 3 is 2.55 bits per heavy atom. The van der Waals surface area contributed by atoms with Gasteiger partial charge in [-0.3, -0.25) is 5.43 Å². The third-order valence-electron chi connectivity index (χ3n) is 4.31. The van der Waals surface area contributed by atoms with Crippen molar-refractivity contribution in [3.63, 3.8) is 0 Å². The number of nitrogens with one attached hydrogen (secondary N) is 1. The number of thiazole rings is 1. The number of hydrazone groups is 1. The van der Waals surface area contributed by atoms with Crippen LogP contribution in [-0.4, -0.2) is 18.3 Å². The maximum Gasteiger partial charge on any atom is 0.205 e. The summed E-state index contributed by atoms with van der Waals surface area (Å²) in [5.74, 6) is 2.07. The number of nitrogens with two attached hydrogens (primary N) is 1. The summed E-state index contributed by atoms with van der Waals surface area (Å²) in [6, 6.07) is 14.0. The van der Waals surface area contributed by atoms with Crippen molar-refractivity contribution in [1.82, 2.24) is 4.98 Å². The number of methoxy groups -OCH3 is 1. The molecule has 0 unspecified atom stereocenters. The quantitative estimate of drug-likeness (QED) is 0.420. The fraction of sp³-hybridized carbons (Fsp3) is 0.273. The van der Waals surface area contributed by atoms with Gasteiger partial charge in [0.05, 0.1) is 13.3 Å². The number of nitrogens with zero attached hydrogens (tertiary/aromatic N) is 2. The minimum atomic E-state index is 0.119. The molecular weight excluding hydrogens is 384 g/mol. The molecule has 3 aromatic rings. The van der Waals surface area contributed by atoms with Crippen molar-refractivity contribution in [2.45, 2.75) is 32.8 Å². The first-order chi connectivity index (χ1) is 13.8. The molecule has 3 rings (SSSR count). The normalized spacial score (nSPS) is 11.6. The highest BCUT2D eigenvalue weighted by atomic mass is 32.1. The van der Waals surface area contributed by atoms with Gasteiger partial charge in [-0.1, -0.05) is 32.9 Å². The molecule has 0 radical (unpaired) electrons. The van der Waals surface area contributed by atoms with Crippen LogP contribution >= 0.6 is 11.3 Å². The van der Waals surface area contributed by atoms with E-state index >= 15 is 0 Å². The van der Waals surface area contributed by atoms with Crippen LogP contribution < -0.4 is 20.6 Å². The number of benzene rings is 2. The first-order valence-corrected chi connectivity index (χ1v) is 10.1. The zero-order valence-electron chi connectivity index (χ0n) is 17.1. The molecule has 0 fully saturated rings. The molecule has 1 aromatic heterocycles. The van der Waals surface area contributed by atoms with Crippen molar-refractivity contribution >= 4 is 28.5 Å². The standard InChI is InChI=1S/C22H26N4O2S/c1-22(2,3)17-6-8-18(9-7-17)28-13-16-11-15(5-10-19(16)27-4)12-24-26-21-25-20(23)14-29-21/h5-12,14H,13,23H2,1-4H3,(H,25,26).